The molecule has 25 heavy (non-hydrogen) atoms. The fraction of sp³-hybridized carbons (Fsp3) is 0.150. The average Bonchev–Trinajstić information content (AvgIpc) is 3.15. The molecule has 0 saturated carbocycles. The summed E-state index contributed by atoms with van der Waals surface area (Å²) in [4.78, 5) is 3.46. The molecule has 1 heterocycles. The van der Waals surface area contributed by atoms with E-state index in [9.17, 15) is 0 Å². The van der Waals surface area contributed by atoms with Gasteiger partial charge < -0.3 is 15.0 Å². The van der Waals surface area contributed by atoms with Crippen LogP contribution in [0.4, 0.5) is 5.69 Å². The predicted octanol–water partition coefficient (Wildman–Crippen LogP) is 5.16. The molecule has 128 valence electrons. The first kappa shape index (κ1) is 17.5. The minimum absolute atomic E-state index is 0.700. The monoisotopic (exact) mass is 368 g/mol. The lowest BCUT2D eigenvalue weighted by atomic mass is 10.2. The number of ether oxygens (including phenoxy) is 1. The van der Waals surface area contributed by atoms with Crippen LogP contribution in [0.5, 0.6) is 5.75 Å². The highest BCUT2D eigenvalue weighted by Gasteiger charge is 2.12. The minimum atomic E-state index is 0.700. The van der Waals surface area contributed by atoms with Gasteiger partial charge in [0.25, 0.3) is 0 Å². The summed E-state index contributed by atoms with van der Waals surface area (Å²) < 4.78 is 5.28. The van der Waals surface area contributed by atoms with Crippen molar-refractivity contribution in [2.75, 3.05) is 12.4 Å². The van der Waals surface area contributed by atoms with Crippen molar-refractivity contribution in [2.24, 2.45) is 0 Å². The highest BCUT2D eigenvalue weighted by Crippen LogP contribution is 2.19. The molecule has 3 nitrogen and oxygen atoms in total. The SMILES string of the molecule is COc1cccc(NC(=S)N(Cc2ccccc2)Cc2cccs2)c1. The summed E-state index contributed by atoms with van der Waals surface area (Å²) >= 11 is 7.43. The van der Waals surface area contributed by atoms with E-state index in [-0.39, 0.29) is 0 Å². The molecule has 0 atom stereocenters. The number of nitrogens with one attached hydrogen (secondary N) is 1. The Morgan fingerprint density at radius 3 is 2.60 bits per heavy atom. The summed E-state index contributed by atoms with van der Waals surface area (Å²) in [5.41, 5.74) is 2.16. The van der Waals surface area contributed by atoms with Gasteiger partial charge in [0.05, 0.1) is 13.7 Å². The second kappa shape index (κ2) is 8.65. The topological polar surface area (TPSA) is 24.5 Å². The van der Waals surface area contributed by atoms with E-state index in [1.54, 1.807) is 18.4 Å². The molecule has 0 aliphatic rings. The number of rotatable bonds is 6. The first-order valence-electron chi connectivity index (χ1n) is 8.01. The van der Waals surface area contributed by atoms with E-state index in [1.165, 1.54) is 10.4 Å². The number of methoxy groups -OCH3 is 1. The number of benzene rings is 2. The molecule has 0 saturated heterocycles. The predicted molar refractivity (Wildman–Crippen MR) is 109 cm³/mol. The number of thiophene rings is 1. The maximum Gasteiger partial charge on any atom is 0.174 e. The van der Waals surface area contributed by atoms with E-state index >= 15 is 0 Å². The third kappa shape index (κ3) is 5.05. The smallest absolute Gasteiger partial charge is 0.174 e. The number of thiocarbonyl (C=S) groups is 1. The van der Waals surface area contributed by atoms with Gasteiger partial charge in [-0.1, -0.05) is 42.5 Å². The Morgan fingerprint density at radius 2 is 1.88 bits per heavy atom. The van der Waals surface area contributed by atoms with Crippen molar-refractivity contribution >= 4 is 34.4 Å². The molecule has 0 amide bonds. The van der Waals surface area contributed by atoms with Crippen LogP contribution in [0.2, 0.25) is 0 Å². The van der Waals surface area contributed by atoms with Gasteiger partial charge in [0.1, 0.15) is 5.75 Å². The quantitative estimate of drug-likeness (QED) is 0.608. The Bertz CT molecular complexity index is 804. The Kier molecular flexibility index (Phi) is 6.04. The molecule has 3 rings (SSSR count). The standard InChI is InChI=1S/C20H20N2OS2/c1-23-18-10-5-9-17(13-18)21-20(24)22(15-19-11-6-12-25-19)14-16-7-3-2-4-8-16/h2-13H,14-15H2,1H3,(H,21,24). The van der Waals surface area contributed by atoms with Gasteiger partial charge >= 0.3 is 0 Å². The van der Waals surface area contributed by atoms with Gasteiger partial charge in [-0.25, -0.2) is 0 Å². The maximum atomic E-state index is 5.69. The maximum absolute atomic E-state index is 5.69. The van der Waals surface area contributed by atoms with Crippen molar-refractivity contribution in [3.8, 4) is 5.75 Å². The second-order valence-corrected chi connectivity index (χ2v) is 7.00. The molecule has 0 aliphatic heterocycles. The zero-order chi connectivity index (χ0) is 17.5. The number of nitrogens with zero attached hydrogens (tertiary/aromatic N) is 1. The largest absolute Gasteiger partial charge is 0.497 e. The second-order valence-electron chi connectivity index (χ2n) is 5.58. The van der Waals surface area contributed by atoms with Crippen molar-refractivity contribution in [1.29, 1.82) is 0 Å². The van der Waals surface area contributed by atoms with Crippen molar-refractivity contribution in [2.45, 2.75) is 13.1 Å². The van der Waals surface area contributed by atoms with Crippen LogP contribution in [0.25, 0.3) is 0 Å². The summed E-state index contributed by atoms with van der Waals surface area (Å²) in [6, 6.07) is 22.4. The Labute approximate surface area is 157 Å². The summed E-state index contributed by atoms with van der Waals surface area (Å²) in [6.45, 7) is 1.54. The summed E-state index contributed by atoms with van der Waals surface area (Å²) in [7, 11) is 1.66. The molecule has 0 fully saturated rings. The van der Waals surface area contributed by atoms with Crippen LogP contribution in [-0.4, -0.2) is 17.1 Å². The molecule has 0 aliphatic carbocycles. The van der Waals surface area contributed by atoms with Crippen LogP contribution in [0.1, 0.15) is 10.4 Å². The van der Waals surface area contributed by atoms with Crippen molar-refractivity contribution in [1.82, 2.24) is 4.90 Å². The average molecular weight is 369 g/mol. The van der Waals surface area contributed by atoms with Crippen molar-refractivity contribution < 1.29 is 4.74 Å². The summed E-state index contributed by atoms with van der Waals surface area (Å²) in [6.07, 6.45) is 0. The van der Waals surface area contributed by atoms with Crippen LogP contribution in [0.3, 0.4) is 0 Å². The van der Waals surface area contributed by atoms with Gasteiger partial charge in [0, 0.05) is 23.2 Å². The van der Waals surface area contributed by atoms with E-state index in [0.717, 1.165) is 24.5 Å². The van der Waals surface area contributed by atoms with Crippen LogP contribution >= 0.6 is 23.6 Å². The molecule has 2 aromatic carbocycles. The third-order valence-corrected chi connectivity index (χ3v) is 4.97. The number of anilines is 1. The highest BCUT2D eigenvalue weighted by atomic mass is 32.1. The fourth-order valence-corrected chi connectivity index (χ4v) is 3.46. The van der Waals surface area contributed by atoms with Gasteiger partial charge in [-0.2, -0.15) is 0 Å². The molecule has 0 spiro atoms. The van der Waals surface area contributed by atoms with Crippen LogP contribution < -0.4 is 10.1 Å². The van der Waals surface area contributed by atoms with E-state index in [4.69, 9.17) is 17.0 Å². The normalized spacial score (nSPS) is 10.3. The van der Waals surface area contributed by atoms with E-state index in [1.807, 2.05) is 30.3 Å². The van der Waals surface area contributed by atoms with Gasteiger partial charge in [0.15, 0.2) is 5.11 Å². The van der Waals surface area contributed by atoms with E-state index < -0.39 is 0 Å². The van der Waals surface area contributed by atoms with Crippen LogP contribution in [0, 0.1) is 0 Å². The van der Waals surface area contributed by atoms with Crippen LogP contribution in [0.15, 0.2) is 72.1 Å². The van der Waals surface area contributed by atoms with Gasteiger partial charge in [0.2, 0.25) is 0 Å². The minimum Gasteiger partial charge on any atom is -0.497 e. The van der Waals surface area contributed by atoms with Crippen molar-refractivity contribution in [3.05, 3.63) is 82.6 Å². The lowest BCUT2D eigenvalue weighted by Crippen LogP contribution is -2.33. The Morgan fingerprint density at radius 1 is 1.04 bits per heavy atom. The Hall–Kier alpha value is -2.37. The van der Waals surface area contributed by atoms with E-state index in [0.29, 0.717) is 5.11 Å². The van der Waals surface area contributed by atoms with Gasteiger partial charge in [-0.05, 0) is 41.4 Å². The van der Waals surface area contributed by atoms with Gasteiger partial charge in [-0.3, -0.25) is 0 Å². The Balaban J connectivity index is 1.76. The van der Waals surface area contributed by atoms with Gasteiger partial charge in [-0.15, -0.1) is 11.3 Å². The summed E-state index contributed by atoms with van der Waals surface area (Å²) in [5.74, 6) is 0.806. The molecular formula is C20H20N2OS2. The number of hydrogen-bond donors (Lipinski definition) is 1. The first-order chi connectivity index (χ1) is 12.2. The lowest BCUT2D eigenvalue weighted by molar-refractivity contribution is 0.414. The molecule has 0 radical (unpaired) electrons. The lowest BCUT2D eigenvalue weighted by Gasteiger charge is -2.25. The molecule has 1 N–H and O–H groups in total. The summed E-state index contributed by atoms with van der Waals surface area (Å²) in [5, 5.41) is 6.12. The van der Waals surface area contributed by atoms with E-state index in [2.05, 4.69) is 52.0 Å². The zero-order valence-electron chi connectivity index (χ0n) is 14.0. The molecular weight excluding hydrogens is 348 g/mol. The molecule has 5 heteroatoms. The molecule has 0 bridgehead atoms. The van der Waals surface area contributed by atoms with Crippen LogP contribution in [-0.2, 0) is 13.1 Å². The first-order valence-corrected chi connectivity index (χ1v) is 9.29. The highest BCUT2D eigenvalue weighted by molar-refractivity contribution is 7.80. The number of hydrogen-bond acceptors (Lipinski definition) is 3. The zero-order valence-corrected chi connectivity index (χ0v) is 15.6. The molecule has 0 unspecified atom stereocenters. The fourth-order valence-electron chi connectivity index (χ4n) is 2.50. The third-order valence-electron chi connectivity index (χ3n) is 3.75. The molecule has 1 aromatic heterocycles. The molecule has 3 aromatic rings. The van der Waals surface area contributed by atoms with Crippen molar-refractivity contribution in [3.63, 3.8) is 0 Å².